The van der Waals surface area contributed by atoms with Gasteiger partial charge in [-0.25, -0.2) is 15.0 Å². The van der Waals surface area contributed by atoms with Crippen molar-refractivity contribution in [3.05, 3.63) is 82.5 Å². The number of rotatable bonds is 5. The maximum Gasteiger partial charge on any atom is 0.267 e. The van der Waals surface area contributed by atoms with Crippen LogP contribution in [0.5, 0.6) is 0 Å². The first-order valence-corrected chi connectivity index (χ1v) is 11.4. The van der Waals surface area contributed by atoms with Gasteiger partial charge in [0.15, 0.2) is 0 Å². The summed E-state index contributed by atoms with van der Waals surface area (Å²) in [6, 6.07) is 13.9. The van der Waals surface area contributed by atoms with E-state index in [4.69, 9.17) is 20.2 Å². The number of benzene rings is 2. The summed E-state index contributed by atoms with van der Waals surface area (Å²) in [5.41, 5.74) is 7.78. The zero-order valence-electron chi connectivity index (χ0n) is 20.0. The number of hydrogen-bond acceptors (Lipinski definition) is 10. The lowest BCUT2D eigenvalue weighted by Gasteiger charge is -2.21. The smallest absolute Gasteiger partial charge is 0.267 e. The van der Waals surface area contributed by atoms with Gasteiger partial charge in [-0.1, -0.05) is 36.1 Å². The van der Waals surface area contributed by atoms with Crippen LogP contribution < -0.4 is 16.6 Å². The molecule has 0 aliphatic rings. The Kier molecular flexibility index (Phi) is 6.32. The number of hydrogen-bond donors (Lipinski definition) is 3. The van der Waals surface area contributed by atoms with Crippen LogP contribution in [0.3, 0.4) is 0 Å². The molecule has 11 heteroatoms. The van der Waals surface area contributed by atoms with E-state index in [0.717, 1.165) is 0 Å². The third kappa shape index (κ3) is 4.49. The molecule has 0 saturated carbocycles. The molecule has 1 atom stereocenters. The highest BCUT2D eigenvalue weighted by Crippen LogP contribution is 2.32. The topological polar surface area (TPSA) is 158 Å². The average molecular weight is 495 g/mol. The summed E-state index contributed by atoms with van der Waals surface area (Å²) in [6.45, 7) is 3.20. The number of nitrogens with two attached hydrogens (primary N) is 1. The third-order valence-electron chi connectivity index (χ3n) is 5.60. The summed E-state index contributed by atoms with van der Waals surface area (Å²) in [6.07, 6.45) is 1.32. The van der Waals surface area contributed by atoms with Crippen LogP contribution in [0.15, 0.2) is 64.1 Å². The number of fused-ring (bicyclic) bond motifs is 1. The third-order valence-corrected chi connectivity index (χ3v) is 5.60. The molecular weight excluding hydrogens is 472 g/mol. The molecule has 0 fully saturated rings. The maximum absolute atomic E-state index is 13.9. The van der Waals surface area contributed by atoms with E-state index in [0.29, 0.717) is 45.3 Å². The van der Waals surface area contributed by atoms with Crippen LogP contribution in [-0.4, -0.2) is 41.4 Å². The number of nitrogen functional groups attached to an aromatic ring is 1. The molecule has 0 radical (unpaired) electrons. The van der Waals surface area contributed by atoms with E-state index in [1.165, 1.54) is 10.9 Å². The molecule has 37 heavy (non-hydrogen) atoms. The van der Waals surface area contributed by atoms with Crippen LogP contribution in [0.2, 0.25) is 0 Å². The van der Waals surface area contributed by atoms with Crippen LogP contribution in [0.1, 0.15) is 30.2 Å². The summed E-state index contributed by atoms with van der Waals surface area (Å²) in [7, 11) is 0. The molecule has 0 bridgehead atoms. The lowest BCUT2D eigenvalue weighted by atomic mass is 10.1. The average Bonchev–Trinajstić information content (AvgIpc) is 3.33. The number of nitrogens with one attached hydrogen (secondary N) is 1. The van der Waals surface area contributed by atoms with Crippen molar-refractivity contribution in [2.24, 2.45) is 0 Å². The van der Waals surface area contributed by atoms with Crippen molar-refractivity contribution in [1.82, 2.24) is 29.7 Å². The summed E-state index contributed by atoms with van der Waals surface area (Å²) < 4.78 is 7.10. The Labute approximate surface area is 211 Å². The van der Waals surface area contributed by atoms with Gasteiger partial charge in [-0.15, -0.1) is 10.2 Å². The van der Waals surface area contributed by atoms with E-state index in [2.05, 4.69) is 37.3 Å². The fourth-order valence-corrected chi connectivity index (χ4v) is 3.99. The Bertz CT molecular complexity index is 1720. The minimum Gasteiger partial charge on any atom is -0.421 e. The van der Waals surface area contributed by atoms with Gasteiger partial charge in [0.2, 0.25) is 5.89 Å². The largest absolute Gasteiger partial charge is 0.421 e. The first-order valence-electron chi connectivity index (χ1n) is 11.4. The van der Waals surface area contributed by atoms with Gasteiger partial charge in [-0.05, 0) is 31.2 Å². The second kappa shape index (κ2) is 9.88. The zero-order chi connectivity index (χ0) is 25.9. The molecule has 1 unspecified atom stereocenters. The molecule has 3 heterocycles. The van der Waals surface area contributed by atoms with E-state index in [1.807, 2.05) is 37.3 Å². The molecule has 0 aliphatic carbocycles. The number of nitrogens with zero attached hydrogens (tertiary/aromatic N) is 6. The van der Waals surface area contributed by atoms with Crippen LogP contribution in [-0.2, 0) is 0 Å². The molecular formula is C26H22N8O3. The first-order chi connectivity index (χ1) is 18.0. The summed E-state index contributed by atoms with van der Waals surface area (Å²) in [5.74, 6) is 6.95. The highest BCUT2D eigenvalue weighted by molar-refractivity contribution is 5.85. The van der Waals surface area contributed by atoms with E-state index in [1.54, 1.807) is 25.1 Å². The van der Waals surface area contributed by atoms with Gasteiger partial charge in [-0.3, -0.25) is 9.36 Å². The Balaban J connectivity index is 1.69. The number of para-hydroxylation sites is 1. The molecule has 5 rings (SSSR count). The van der Waals surface area contributed by atoms with E-state index >= 15 is 0 Å². The minimum atomic E-state index is -0.526. The zero-order valence-corrected chi connectivity index (χ0v) is 20.0. The molecule has 0 saturated heterocycles. The molecule has 11 nitrogen and oxygen atoms in total. The van der Waals surface area contributed by atoms with Crippen molar-refractivity contribution in [1.29, 1.82) is 0 Å². The van der Waals surface area contributed by atoms with Crippen LogP contribution in [0, 0.1) is 18.8 Å². The number of aliphatic hydroxyl groups is 1. The normalized spacial score (nSPS) is 11.6. The maximum atomic E-state index is 13.9. The standard InChI is InChI=1S/C26H22N8O3/c1-15(30-23-21(22(27)28-14-29-23)25-33-32-16(2)37-25)24-31-19-12-6-8-17(9-7-13-35)20(19)26(36)34(24)18-10-4-3-5-11-18/h3-6,8,10-12,14-15,35H,13H2,1-2H3,(H3,27,28,29,30). The Morgan fingerprint density at radius 3 is 2.68 bits per heavy atom. The molecule has 184 valence electrons. The van der Waals surface area contributed by atoms with Gasteiger partial charge >= 0.3 is 0 Å². The Morgan fingerprint density at radius 1 is 1.14 bits per heavy atom. The molecule has 2 aromatic carbocycles. The number of anilines is 2. The molecule has 5 aromatic rings. The fourth-order valence-electron chi connectivity index (χ4n) is 3.99. The predicted octanol–water partition coefficient (Wildman–Crippen LogP) is 2.63. The van der Waals surface area contributed by atoms with Crippen molar-refractivity contribution >= 4 is 22.5 Å². The summed E-state index contributed by atoms with van der Waals surface area (Å²) >= 11 is 0. The molecule has 4 N–H and O–H groups in total. The number of aryl methyl sites for hydroxylation is 1. The van der Waals surface area contributed by atoms with Gasteiger partial charge in [0, 0.05) is 12.5 Å². The van der Waals surface area contributed by atoms with Gasteiger partial charge in [0.25, 0.3) is 11.4 Å². The van der Waals surface area contributed by atoms with Crippen LogP contribution in [0.25, 0.3) is 28.0 Å². The van der Waals surface area contributed by atoms with Crippen molar-refractivity contribution in [3.8, 4) is 29.0 Å². The first kappa shape index (κ1) is 23.7. The quantitative estimate of drug-likeness (QED) is 0.310. The monoisotopic (exact) mass is 494 g/mol. The summed E-state index contributed by atoms with van der Waals surface area (Å²) in [4.78, 5) is 27.2. The van der Waals surface area contributed by atoms with Crippen LogP contribution in [0.4, 0.5) is 11.6 Å². The highest BCUT2D eigenvalue weighted by atomic mass is 16.4. The SMILES string of the molecule is Cc1nnc(-c2c(N)ncnc2NC(C)c2nc3cccc(C#CCO)c3c(=O)n2-c2ccccc2)o1. The number of aliphatic hydroxyl groups excluding tert-OH is 1. The highest BCUT2D eigenvalue weighted by Gasteiger charge is 2.23. The van der Waals surface area contributed by atoms with E-state index in [-0.39, 0.29) is 23.9 Å². The predicted molar refractivity (Wildman–Crippen MR) is 138 cm³/mol. The molecule has 0 amide bonds. The molecule has 3 aromatic heterocycles. The number of aromatic nitrogens is 6. The van der Waals surface area contributed by atoms with Crippen molar-refractivity contribution in [3.63, 3.8) is 0 Å². The molecule has 0 aliphatic heterocycles. The van der Waals surface area contributed by atoms with Crippen LogP contribution >= 0.6 is 0 Å². The second-order valence-corrected chi connectivity index (χ2v) is 8.08. The van der Waals surface area contributed by atoms with Crippen molar-refractivity contribution in [2.75, 3.05) is 17.7 Å². The summed E-state index contributed by atoms with van der Waals surface area (Å²) in [5, 5.41) is 20.7. The van der Waals surface area contributed by atoms with Gasteiger partial charge < -0.3 is 20.6 Å². The van der Waals surface area contributed by atoms with Gasteiger partial charge in [-0.2, -0.15) is 0 Å². The second-order valence-electron chi connectivity index (χ2n) is 8.08. The molecule has 0 spiro atoms. The van der Waals surface area contributed by atoms with Crippen molar-refractivity contribution < 1.29 is 9.52 Å². The van der Waals surface area contributed by atoms with Crippen molar-refractivity contribution in [2.45, 2.75) is 19.9 Å². The Hall–Kier alpha value is -5.08. The fraction of sp³-hybridized carbons (Fsp3) is 0.154. The van der Waals surface area contributed by atoms with Gasteiger partial charge in [0.05, 0.1) is 22.6 Å². The lowest BCUT2D eigenvalue weighted by molar-refractivity contribution is 0.350. The minimum absolute atomic E-state index is 0.160. The Morgan fingerprint density at radius 2 is 1.95 bits per heavy atom. The van der Waals surface area contributed by atoms with E-state index < -0.39 is 6.04 Å². The lowest BCUT2D eigenvalue weighted by Crippen LogP contribution is -2.28. The van der Waals surface area contributed by atoms with E-state index in [9.17, 15) is 4.79 Å². The van der Waals surface area contributed by atoms with Gasteiger partial charge in [0.1, 0.15) is 36.0 Å².